The van der Waals surface area contributed by atoms with E-state index in [1.165, 1.54) is 11.1 Å². The van der Waals surface area contributed by atoms with Gasteiger partial charge < -0.3 is 15.8 Å². The molecule has 3 rings (SSSR count). The van der Waals surface area contributed by atoms with Crippen molar-refractivity contribution < 1.29 is 9.53 Å². The van der Waals surface area contributed by atoms with Gasteiger partial charge in [0.1, 0.15) is 0 Å². The van der Waals surface area contributed by atoms with Crippen LogP contribution in [0.3, 0.4) is 0 Å². The number of nitrogens with two attached hydrogens (primary N) is 1. The first-order valence-electron chi connectivity index (χ1n) is 7.51. The van der Waals surface area contributed by atoms with Crippen molar-refractivity contribution in [1.82, 2.24) is 5.32 Å². The first-order valence-corrected chi connectivity index (χ1v) is 7.51. The molecule has 0 spiro atoms. The second-order valence-corrected chi connectivity index (χ2v) is 5.81. The topological polar surface area (TPSA) is 64.3 Å². The Morgan fingerprint density at radius 1 is 1.35 bits per heavy atom. The molecular weight excluding hydrogens is 252 g/mol. The maximum atomic E-state index is 12.1. The van der Waals surface area contributed by atoms with E-state index >= 15 is 0 Å². The molecule has 4 heteroatoms. The number of hydrogen-bond donors (Lipinski definition) is 2. The van der Waals surface area contributed by atoms with Crippen LogP contribution in [0.1, 0.15) is 49.3 Å². The summed E-state index contributed by atoms with van der Waals surface area (Å²) >= 11 is 0. The van der Waals surface area contributed by atoms with Crippen molar-refractivity contribution in [2.75, 3.05) is 12.3 Å². The number of benzene rings is 1. The maximum absolute atomic E-state index is 12.1. The largest absolute Gasteiger partial charge is 0.399 e. The molecular formula is C16H22N2O2. The highest BCUT2D eigenvalue weighted by atomic mass is 16.5. The minimum absolute atomic E-state index is 0.103. The van der Waals surface area contributed by atoms with Crippen LogP contribution in [0.5, 0.6) is 0 Å². The molecule has 4 nitrogen and oxygen atoms in total. The summed E-state index contributed by atoms with van der Waals surface area (Å²) in [6.45, 7) is 0.795. The molecule has 2 unspecified atom stereocenters. The van der Waals surface area contributed by atoms with Gasteiger partial charge in [-0.2, -0.15) is 0 Å². The van der Waals surface area contributed by atoms with Gasteiger partial charge in [0, 0.05) is 12.3 Å². The fourth-order valence-electron chi connectivity index (χ4n) is 3.25. The van der Waals surface area contributed by atoms with Crippen LogP contribution in [0.2, 0.25) is 0 Å². The SMILES string of the molecule is Nc1ccc2c(c1)CCCC2NC(=O)CC1CCCO1. The summed E-state index contributed by atoms with van der Waals surface area (Å²) in [5, 5.41) is 3.16. The number of aryl methyl sites for hydroxylation is 1. The third kappa shape index (κ3) is 2.96. The van der Waals surface area contributed by atoms with Gasteiger partial charge >= 0.3 is 0 Å². The average molecular weight is 274 g/mol. The average Bonchev–Trinajstić information content (AvgIpc) is 2.91. The van der Waals surface area contributed by atoms with E-state index in [4.69, 9.17) is 10.5 Å². The summed E-state index contributed by atoms with van der Waals surface area (Å²) < 4.78 is 5.52. The van der Waals surface area contributed by atoms with Crippen molar-refractivity contribution in [3.8, 4) is 0 Å². The van der Waals surface area contributed by atoms with Gasteiger partial charge in [-0.05, 0) is 55.4 Å². The molecule has 1 heterocycles. The van der Waals surface area contributed by atoms with E-state index in [9.17, 15) is 4.79 Å². The highest BCUT2D eigenvalue weighted by Crippen LogP contribution is 2.31. The Kier molecular flexibility index (Phi) is 3.92. The van der Waals surface area contributed by atoms with Gasteiger partial charge in [-0.1, -0.05) is 6.07 Å². The second kappa shape index (κ2) is 5.83. The van der Waals surface area contributed by atoms with E-state index in [1.807, 2.05) is 12.1 Å². The number of nitrogen functional groups attached to an aromatic ring is 1. The molecule has 0 bridgehead atoms. The van der Waals surface area contributed by atoms with Crippen molar-refractivity contribution in [1.29, 1.82) is 0 Å². The Bertz CT molecular complexity index is 495. The van der Waals surface area contributed by atoms with E-state index in [0.717, 1.165) is 44.4 Å². The Morgan fingerprint density at radius 2 is 2.25 bits per heavy atom. The highest BCUT2D eigenvalue weighted by molar-refractivity contribution is 5.77. The molecule has 1 amide bonds. The number of carbonyl (C=O) groups is 1. The first kappa shape index (κ1) is 13.4. The Hall–Kier alpha value is -1.55. The zero-order valence-corrected chi connectivity index (χ0v) is 11.7. The summed E-state index contributed by atoms with van der Waals surface area (Å²) in [5.41, 5.74) is 9.14. The molecule has 2 aliphatic rings. The molecule has 0 saturated carbocycles. The summed E-state index contributed by atoms with van der Waals surface area (Å²) in [6.07, 6.45) is 5.84. The van der Waals surface area contributed by atoms with Crippen LogP contribution < -0.4 is 11.1 Å². The van der Waals surface area contributed by atoms with Gasteiger partial charge in [-0.3, -0.25) is 4.79 Å². The summed E-state index contributed by atoms with van der Waals surface area (Å²) in [6, 6.07) is 6.14. The zero-order valence-electron chi connectivity index (χ0n) is 11.7. The van der Waals surface area contributed by atoms with E-state index in [0.29, 0.717) is 6.42 Å². The molecule has 1 saturated heterocycles. The fraction of sp³-hybridized carbons (Fsp3) is 0.562. The van der Waals surface area contributed by atoms with Crippen molar-refractivity contribution in [2.24, 2.45) is 0 Å². The number of ether oxygens (including phenoxy) is 1. The van der Waals surface area contributed by atoms with Gasteiger partial charge in [-0.25, -0.2) is 0 Å². The molecule has 1 aliphatic carbocycles. The summed E-state index contributed by atoms with van der Waals surface area (Å²) in [7, 11) is 0. The standard InChI is InChI=1S/C16H22N2O2/c17-12-6-7-14-11(9-12)3-1-5-15(14)18-16(19)10-13-4-2-8-20-13/h6-7,9,13,15H,1-5,8,10,17H2,(H,18,19). The lowest BCUT2D eigenvalue weighted by Crippen LogP contribution is -2.33. The number of anilines is 1. The van der Waals surface area contributed by atoms with Crippen LogP contribution >= 0.6 is 0 Å². The molecule has 0 aromatic heterocycles. The van der Waals surface area contributed by atoms with Crippen LogP contribution in [0.15, 0.2) is 18.2 Å². The second-order valence-electron chi connectivity index (χ2n) is 5.81. The van der Waals surface area contributed by atoms with Crippen LogP contribution in [-0.2, 0) is 16.0 Å². The number of nitrogens with one attached hydrogen (secondary N) is 1. The van der Waals surface area contributed by atoms with E-state index in [1.54, 1.807) is 0 Å². The van der Waals surface area contributed by atoms with E-state index in [2.05, 4.69) is 11.4 Å². The Morgan fingerprint density at radius 3 is 3.05 bits per heavy atom. The smallest absolute Gasteiger partial charge is 0.223 e. The molecule has 1 aromatic rings. The van der Waals surface area contributed by atoms with Crippen LogP contribution in [0.4, 0.5) is 5.69 Å². The number of carbonyl (C=O) groups excluding carboxylic acids is 1. The fourth-order valence-corrected chi connectivity index (χ4v) is 3.25. The predicted octanol–water partition coefficient (Wildman–Crippen LogP) is 2.33. The van der Waals surface area contributed by atoms with Gasteiger partial charge in [0.25, 0.3) is 0 Å². The molecule has 3 N–H and O–H groups in total. The maximum Gasteiger partial charge on any atom is 0.223 e. The normalized spacial score (nSPS) is 25.2. The number of fused-ring (bicyclic) bond motifs is 1. The Balaban J connectivity index is 1.65. The van der Waals surface area contributed by atoms with Crippen molar-refractivity contribution in [2.45, 2.75) is 50.7 Å². The van der Waals surface area contributed by atoms with Crippen LogP contribution in [0.25, 0.3) is 0 Å². The van der Waals surface area contributed by atoms with E-state index < -0.39 is 0 Å². The number of rotatable bonds is 3. The number of hydrogen-bond acceptors (Lipinski definition) is 3. The molecule has 1 fully saturated rings. The zero-order chi connectivity index (χ0) is 13.9. The molecule has 1 aromatic carbocycles. The minimum atomic E-state index is 0.103. The van der Waals surface area contributed by atoms with Crippen molar-refractivity contribution in [3.05, 3.63) is 29.3 Å². The Labute approximate surface area is 119 Å². The minimum Gasteiger partial charge on any atom is -0.399 e. The molecule has 2 atom stereocenters. The van der Waals surface area contributed by atoms with Crippen molar-refractivity contribution >= 4 is 11.6 Å². The lowest BCUT2D eigenvalue weighted by molar-refractivity contribution is -0.124. The van der Waals surface area contributed by atoms with Crippen molar-refractivity contribution in [3.63, 3.8) is 0 Å². The third-order valence-electron chi connectivity index (χ3n) is 4.25. The molecule has 108 valence electrons. The predicted molar refractivity (Wildman–Crippen MR) is 78.3 cm³/mol. The van der Waals surface area contributed by atoms with Gasteiger partial charge in [0.15, 0.2) is 0 Å². The molecule has 1 aliphatic heterocycles. The van der Waals surface area contributed by atoms with Gasteiger partial charge in [0.2, 0.25) is 5.91 Å². The monoisotopic (exact) mass is 274 g/mol. The van der Waals surface area contributed by atoms with Gasteiger partial charge in [-0.15, -0.1) is 0 Å². The highest BCUT2D eigenvalue weighted by Gasteiger charge is 2.24. The quantitative estimate of drug-likeness (QED) is 0.831. The first-order chi connectivity index (χ1) is 9.72. The van der Waals surface area contributed by atoms with Gasteiger partial charge in [0.05, 0.1) is 18.6 Å². The molecule has 20 heavy (non-hydrogen) atoms. The number of amides is 1. The molecule has 0 radical (unpaired) electrons. The summed E-state index contributed by atoms with van der Waals surface area (Å²) in [4.78, 5) is 12.1. The lowest BCUT2D eigenvalue weighted by Gasteiger charge is -2.27. The lowest BCUT2D eigenvalue weighted by atomic mass is 9.87. The van der Waals surface area contributed by atoms with E-state index in [-0.39, 0.29) is 18.1 Å². The van der Waals surface area contributed by atoms with Crippen LogP contribution in [0, 0.1) is 0 Å². The van der Waals surface area contributed by atoms with Crippen LogP contribution in [-0.4, -0.2) is 18.6 Å². The summed E-state index contributed by atoms with van der Waals surface area (Å²) in [5.74, 6) is 0.103. The third-order valence-corrected chi connectivity index (χ3v) is 4.25.